The number of hydrogen-bond acceptors (Lipinski definition) is 3. The summed E-state index contributed by atoms with van der Waals surface area (Å²) < 4.78 is 36.2. The van der Waals surface area contributed by atoms with Crippen LogP contribution < -0.4 is 5.73 Å². The molecule has 0 bridgehead atoms. The van der Waals surface area contributed by atoms with E-state index >= 15 is 0 Å². The molecule has 0 aliphatic rings. The molecule has 0 fully saturated rings. The maximum absolute atomic E-state index is 12.1. The lowest BCUT2D eigenvalue weighted by molar-refractivity contribution is -0.144. The third kappa shape index (κ3) is 3.98. The number of anilines is 1. The number of nitrogen functional groups attached to an aromatic ring is 1. The van der Waals surface area contributed by atoms with E-state index in [1.807, 2.05) is 0 Å². The highest BCUT2D eigenvalue weighted by atomic mass is 19.4. The van der Waals surface area contributed by atoms with E-state index in [1.54, 1.807) is 0 Å². The Morgan fingerprint density at radius 3 is 2.56 bits per heavy atom. The average molecular weight is 234 g/mol. The second-order valence-electron chi connectivity index (χ2n) is 3.68. The molecule has 0 saturated carbocycles. The van der Waals surface area contributed by atoms with Crippen molar-refractivity contribution in [3.63, 3.8) is 0 Å². The second-order valence-corrected chi connectivity index (χ2v) is 3.68. The lowest BCUT2D eigenvalue weighted by Gasteiger charge is -2.19. The number of phenols is 1. The smallest absolute Gasteiger partial charge is 0.401 e. The molecule has 1 rings (SSSR count). The van der Waals surface area contributed by atoms with Gasteiger partial charge in [-0.05, 0) is 25.2 Å². The minimum absolute atomic E-state index is 0.00359. The maximum atomic E-state index is 12.1. The van der Waals surface area contributed by atoms with E-state index < -0.39 is 12.7 Å². The van der Waals surface area contributed by atoms with E-state index in [4.69, 9.17) is 5.73 Å². The molecule has 0 unspecified atom stereocenters. The Morgan fingerprint density at radius 2 is 2.00 bits per heavy atom. The third-order valence-electron chi connectivity index (χ3n) is 1.99. The summed E-state index contributed by atoms with van der Waals surface area (Å²) in [4.78, 5) is 1.06. The van der Waals surface area contributed by atoms with Gasteiger partial charge >= 0.3 is 6.18 Å². The summed E-state index contributed by atoms with van der Waals surface area (Å²) in [6.07, 6.45) is -4.25. The Balaban J connectivity index is 2.69. The van der Waals surface area contributed by atoms with Crippen molar-refractivity contribution in [2.45, 2.75) is 12.7 Å². The number of benzene rings is 1. The molecule has 0 aliphatic carbocycles. The summed E-state index contributed by atoms with van der Waals surface area (Å²) in [5.74, 6) is -0.0526. The van der Waals surface area contributed by atoms with Crippen LogP contribution in [0.3, 0.4) is 0 Å². The van der Waals surface area contributed by atoms with Crippen LogP contribution in [-0.4, -0.2) is 29.8 Å². The number of nitrogens with zero attached hydrogens (tertiary/aromatic N) is 1. The Hall–Kier alpha value is -1.43. The zero-order chi connectivity index (χ0) is 12.3. The first-order valence-corrected chi connectivity index (χ1v) is 4.60. The van der Waals surface area contributed by atoms with Crippen LogP contribution in [0.4, 0.5) is 18.9 Å². The van der Waals surface area contributed by atoms with Crippen molar-refractivity contribution in [2.24, 2.45) is 0 Å². The third-order valence-corrected chi connectivity index (χ3v) is 1.99. The molecule has 0 saturated heterocycles. The number of nitrogens with two attached hydrogens (primary N) is 1. The van der Waals surface area contributed by atoms with E-state index in [0.29, 0.717) is 11.3 Å². The van der Waals surface area contributed by atoms with Crippen molar-refractivity contribution in [1.82, 2.24) is 4.90 Å². The van der Waals surface area contributed by atoms with Crippen molar-refractivity contribution in [3.8, 4) is 5.75 Å². The van der Waals surface area contributed by atoms with Gasteiger partial charge in [0.25, 0.3) is 0 Å². The number of rotatable bonds is 3. The van der Waals surface area contributed by atoms with E-state index in [2.05, 4.69) is 0 Å². The molecule has 3 nitrogen and oxygen atoms in total. The van der Waals surface area contributed by atoms with Gasteiger partial charge in [0.1, 0.15) is 5.75 Å². The van der Waals surface area contributed by atoms with Crippen LogP contribution in [0.25, 0.3) is 0 Å². The molecule has 16 heavy (non-hydrogen) atoms. The molecule has 90 valence electrons. The van der Waals surface area contributed by atoms with E-state index in [9.17, 15) is 18.3 Å². The van der Waals surface area contributed by atoms with Gasteiger partial charge in [-0.2, -0.15) is 13.2 Å². The van der Waals surface area contributed by atoms with Gasteiger partial charge in [-0.25, -0.2) is 0 Å². The number of alkyl halides is 3. The quantitative estimate of drug-likeness (QED) is 0.621. The fraction of sp³-hybridized carbons (Fsp3) is 0.400. The van der Waals surface area contributed by atoms with E-state index in [-0.39, 0.29) is 12.3 Å². The SMILES string of the molecule is CN(Cc1cc(N)ccc1O)CC(F)(F)F. The van der Waals surface area contributed by atoms with E-state index in [0.717, 1.165) is 4.90 Å². The molecular formula is C10H13F3N2O. The van der Waals surface area contributed by atoms with Crippen LogP contribution in [0.1, 0.15) is 5.56 Å². The summed E-state index contributed by atoms with van der Waals surface area (Å²) >= 11 is 0. The lowest BCUT2D eigenvalue weighted by Crippen LogP contribution is -2.30. The Bertz CT molecular complexity index is 366. The number of phenolic OH excluding ortho intramolecular Hbond substituents is 1. The van der Waals surface area contributed by atoms with Crippen molar-refractivity contribution in [1.29, 1.82) is 0 Å². The predicted octanol–water partition coefficient (Wildman–Crippen LogP) is 1.97. The van der Waals surface area contributed by atoms with Crippen molar-refractivity contribution in [2.75, 3.05) is 19.3 Å². The molecule has 6 heteroatoms. The Kier molecular flexibility index (Phi) is 3.64. The second kappa shape index (κ2) is 4.61. The van der Waals surface area contributed by atoms with Crippen molar-refractivity contribution in [3.05, 3.63) is 23.8 Å². The van der Waals surface area contributed by atoms with Gasteiger partial charge < -0.3 is 10.8 Å². The van der Waals surface area contributed by atoms with Crippen LogP contribution in [0.15, 0.2) is 18.2 Å². The van der Waals surface area contributed by atoms with Gasteiger partial charge in [-0.15, -0.1) is 0 Å². The Morgan fingerprint density at radius 1 is 1.38 bits per heavy atom. The van der Waals surface area contributed by atoms with Crippen LogP contribution in [0, 0.1) is 0 Å². The summed E-state index contributed by atoms with van der Waals surface area (Å²) in [7, 11) is 1.33. The van der Waals surface area contributed by atoms with Crippen LogP contribution in [0.2, 0.25) is 0 Å². The lowest BCUT2D eigenvalue weighted by atomic mass is 10.1. The maximum Gasteiger partial charge on any atom is 0.401 e. The first-order valence-electron chi connectivity index (χ1n) is 4.60. The molecule has 1 aromatic rings. The van der Waals surface area contributed by atoms with Gasteiger partial charge in [-0.1, -0.05) is 0 Å². The summed E-state index contributed by atoms with van der Waals surface area (Å²) in [6, 6.07) is 4.32. The van der Waals surface area contributed by atoms with E-state index in [1.165, 1.54) is 25.2 Å². The normalized spacial score (nSPS) is 12.1. The van der Waals surface area contributed by atoms with Crippen molar-refractivity contribution >= 4 is 5.69 Å². The summed E-state index contributed by atoms with van der Waals surface area (Å²) in [5.41, 5.74) is 6.27. The van der Waals surface area contributed by atoms with Crippen LogP contribution >= 0.6 is 0 Å². The zero-order valence-electron chi connectivity index (χ0n) is 8.75. The minimum atomic E-state index is -4.25. The first kappa shape index (κ1) is 12.6. The van der Waals surface area contributed by atoms with Crippen LogP contribution in [0.5, 0.6) is 5.75 Å². The van der Waals surface area contributed by atoms with Crippen LogP contribution in [-0.2, 0) is 6.54 Å². The fourth-order valence-corrected chi connectivity index (χ4v) is 1.38. The van der Waals surface area contributed by atoms with Crippen molar-refractivity contribution < 1.29 is 18.3 Å². The largest absolute Gasteiger partial charge is 0.508 e. The molecule has 0 atom stereocenters. The molecule has 0 aliphatic heterocycles. The minimum Gasteiger partial charge on any atom is -0.508 e. The topological polar surface area (TPSA) is 49.5 Å². The monoisotopic (exact) mass is 234 g/mol. The van der Waals surface area contributed by atoms with Gasteiger partial charge in [0, 0.05) is 17.8 Å². The average Bonchev–Trinajstić information content (AvgIpc) is 2.08. The highest BCUT2D eigenvalue weighted by Crippen LogP contribution is 2.23. The molecule has 0 radical (unpaired) electrons. The highest BCUT2D eigenvalue weighted by Gasteiger charge is 2.29. The number of halogens is 3. The standard InChI is InChI=1S/C10H13F3N2O/c1-15(6-10(11,12)13)5-7-4-8(14)2-3-9(7)16/h2-4,16H,5-6,14H2,1H3. The molecular weight excluding hydrogens is 221 g/mol. The molecule has 1 aromatic carbocycles. The van der Waals surface area contributed by atoms with Gasteiger partial charge in [-0.3, -0.25) is 4.90 Å². The highest BCUT2D eigenvalue weighted by molar-refractivity contribution is 5.47. The molecule has 0 aromatic heterocycles. The number of aromatic hydroxyl groups is 1. The molecule has 0 spiro atoms. The molecule has 0 amide bonds. The molecule has 0 heterocycles. The Labute approximate surface area is 91.3 Å². The first-order chi connectivity index (χ1) is 7.28. The summed E-state index contributed by atoms with van der Waals surface area (Å²) in [5, 5.41) is 9.42. The molecule has 3 N–H and O–H groups in total. The van der Waals surface area contributed by atoms with Gasteiger partial charge in [0.05, 0.1) is 6.54 Å². The zero-order valence-corrected chi connectivity index (χ0v) is 8.75. The fourth-order valence-electron chi connectivity index (χ4n) is 1.38. The van der Waals surface area contributed by atoms with Gasteiger partial charge in [0.15, 0.2) is 0 Å². The number of hydrogen-bond donors (Lipinski definition) is 2. The summed E-state index contributed by atoms with van der Waals surface area (Å²) in [6.45, 7) is -1.03. The van der Waals surface area contributed by atoms with Gasteiger partial charge in [0.2, 0.25) is 0 Å². The predicted molar refractivity (Wildman–Crippen MR) is 54.9 cm³/mol.